The first-order valence-electron chi connectivity index (χ1n) is 10.9. The van der Waals surface area contributed by atoms with Crippen LogP contribution in [-0.4, -0.2) is 33.6 Å². The van der Waals surface area contributed by atoms with Crippen molar-refractivity contribution in [1.29, 1.82) is 0 Å². The second kappa shape index (κ2) is 8.66. The Hall–Kier alpha value is -2.20. The van der Waals surface area contributed by atoms with E-state index in [1.165, 1.54) is 37.9 Å². The van der Waals surface area contributed by atoms with E-state index < -0.39 is 0 Å². The predicted molar refractivity (Wildman–Crippen MR) is 123 cm³/mol. The minimum Gasteiger partial charge on any atom is -0.355 e. The molecule has 0 bridgehead atoms. The molecule has 0 amide bonds. The summed E-state index contributed by atoms with van der Waals surface area (Å²) in [5.41, 5.74) is 3.01. The fraction of sp³-hybridized carbons (Fsp3) is 0.458. The molecule has 0 radical (unpaired) electrons. The molecule has 1 unspecified atom stereocenters. The lowest BCUT2D eigenvalue weighted by Crippen LogP contribution is -2.45. The highest BCUT2D eigenvalue weighted by atomic mass is 35.5. The largest absolute Gasteiger partial charge is 0.355 e. The number of hydrogen-bond acceptors (Lipinski definition) is 3. The molecule has 1 aromatic heterocycles. The number of aromatic nitrogens is 2. The Morgan fingerprint density at radius 1 is 1.17 bits per heavy atom. The summed E-state index contributed by atoms with van der Waals surface area (Å²) in [6.45, 7) is 11.0. The van der Waals surface area contributed by atoms with Gasteiger partial charge in [0.1, 0.15) is 5.82 Å². The third-order valence-electron chi connectivity index (χ3n) is 6.03. The summed E-state index contributed by atoms with van der Waals surface area (Å²) in [5, 5.41) is 0.742. The summed E-state index contributed by atoms with van der Waals surface area (Å²) in [7, 11) is 0. The maximum atomic E-state index is 6.07. The molecular weight excluding hydrogens is 380 g/mol. The summed E-state index contributed by atoms with van der Waals surface area (Å²) in [6, 6.07) is 8.45. The monoisotopic (exact) mass is 410 g/mol. The number of hydrogen-bond donors (Lipinski definition) is 0. The standard InChI is InChI=1S/C24H31ClN4/c1-4-5-7-15-28-23(27-14-8-6-9-18(27)2)16-19(3)29-17-22(26-24(28)29)20-10-12-21(25)13-11-20/h10-13,16-18H,3-9,14-15H2,1-2H3. The van der Waals surface area contributed by atoms with E-state index >= 15 is 0 Å². The van der Waals surface area contributed by atoms with Gasteiger partial charge in [-0.25, -0.2) is 4.98 Å². The van der Waals surface area contributed by atoms with Crippen molar-refractivity contribution < 1.29 is 0 Å². The van der Waals surface area contributed by atoms with Crippen LogP contribution in [0.2, 0.25) is 5.02 Å². The van der Waals surface area contributed by atoms with Crippen LogP contribution >= 0.6 is 11.6 Å². The number of allylic oxidation sites excluding steroid dienone is 2. The van der Waals surface area contributed by atoms with E-state index in [-0.39, 0.29) is 0 Å². The van der Waals surface area contributed by atoms with Crippen molar-refractivity contribution >= 4 is 23.2 Å². The molecule has 3 heterocycles. The number of benzene rings is 1. The number of imidazole rings is 1. The third-order valence-corrected chi connectivity index (χ3v) is 6.28. The van der Waals surface area contributed by atoms with Crippen molar-refractivity contribution in [3.05, 3.63) is 54.0 Å². The molecule has 29 heavy (non-hydrogen) atoms. The van der Waals surface area contributed by atoms with Gasteiger partial charge >= 0.3 is 0 Å². The van der Waals surface area contributed by atoms with Crippen molar-refractivity contribution in [2.75, 3.05) is 18.0 Å². The molecule has 0 aliphatic carbocycles. The van der Waals surface area contributed by atoms with Gasteiger partial charge in [-0.15, -0.1) is 0 Å². The summed E-state index contributed by atoms with van der Waals surface area (Å²) in [6.07, 6.45) is 11.8. The van der Waals surface area contributed by atoms with Gasteiger partial charge in [-0.05, 0) is 44.7 Å². The highest BCUT2D eigenvalue weighted by Gasteiger charge is 2.31. The fourth-order valence-corrected chi connectivity index (χ4v) is 4.47. The third kappa shape index (κ3) is 4.09. The van der Waals surface area contributed by atoms with Crippen LogP contribution in [0.3, 0.4) is 0 Å². The minimum absolute atomic E-state index is 0.550. The smallest absolute Gasteiger partial charge is 0.216 e. The zero-order chi connectivity index (χ0) is 20.4. The van der Waals surface area contributed by atoms with Crippen LogP contribution in [0.1, 0.15) is 52.4 Å². The molecule has 5 heteroatoms. The van der Waals surface area contributed by atoms with E-state index in [9.17, 15) is 0 Å². The van der Waals surface area contributed by atoms with Crippen LogP contribution in [0.15, 0.2) is 48.9 Å². The van der Waals surface area contributed by atoms with Crippen LogP contribution in [-0.2, 0) is 0 Å². The SMILES string of the molecule is C=C1C=C(N2CCCCC2C)N(CCCCC)c2nc(-c3ccc(Cl)cc3)cn21. The van der Waals surface area contributed by atoms with Gasteiger partial charge in [0.05, 0.1) is 5.69 Å². The van der Waals surface area contributed by atoms with Gasteiger partial charge < -0.3 is 4.90 Å². The Balaban J connectivity index is 1.71. The first-order valence-corrected chi connectivity index (χ1v) is 11.3. The molecular formula is C24H31ClN4. The maximum Gasteiger partial charge on any atom is 0.216 e. The second-order valence-electron chi connectivity index (χ2n) is 8.19. The Labute approximate surface area is 179 Å². The van der Waals surface area contributed by atoms with Crippen LogP contribution < -0.4 is 4.90 Å². The number of halogens is 1. The number of likely N-dealkylation sites (tertiary alicyclic amines) is 1. The zero-order valence-corrected chi connectivity index (χ0v) is 18.3. The molecule has 1 aromatic carbocycles. The van der Waals surface area contributed by atoms with Crippen molar-refractivity contribution in [2.45, 2.75) is 58.4 Å². The lowest BCUT2D eigenvalue weighted by atomic mass is 10.0. The van der Waals surface area contributed by atoms with Crippen molar-refractivity contribution in [2.24, 2.45) is 0 Å². The van der Waals surface area contributed by atoms with E-state index in [4.69, 9.17) is 16.6 Å². The van der Waals surface area contributed by atoms with Crippen LogP contribution in [0.25, 0.3) is 17.0 Å². The van der Waals surface area contributed by atoms with Crippen molar-refractivity contribution in [3.8, 4) is 11.3 Å². The van der Waals surface area contributed by atoms with Gasteiger partial charge in [0.2, 0.25) is 5.95 Å². The van der Waals surface area contributed by atoms with Crippen LogP contribution in [0.4, 0.5) is 5.95 Å². The number of piperidine rings is 1. The Morgan fingerprint density at radius 3 is 2.69 bits per heavy atom. The lowest BCUT2D eigenvalue weighted by Gasteiger charge is -2.43. The number of nitrogens with zero attached hydrogens (tertiary/aromatic N) is 4. The Kier molecular flexibility index (Phi) is 6.00. The summed E-state index contributed by atoms with van der Waals surface area (Å²) < 4.78 is 2.13. The van der Waals surface area contributed by atoms with Crippen LogP contribution in [0.5, 0.6) is 0 Å². The summed E-state index contributed by atoms with van der Waals surface area (Å²) in [5.74, 6) is 2.24. The summed E-state index contributed by atoms with van der Waals surface area (Å²) in [4.78, 5) is 10.0. The van der Waals surface area contributed by atoms with Crippen LogP contribution in [0, 0.1) is 0 Å². The first kappa shape index (κ1) is 20.1. The Morgan fingerprint density at radius 2 is 1.97 bits per heavy atom. The number of unbranched alkanes of at least 4 members (excludes halogenated alkanes) is 2. The van der Waals surface area contributed by atoms with E-state index in [1.807, 2.05) is 24.3 Å². The quantitative estimate of drug-likeness (QED) is 0.515. The number of rotatable bonds is 6. The van der Waals surface area contributed by atoms with Gasteiger partial charge in [0.15, 0.2) is 0 Å². The first-order chi connectivity index (χ1) is 14.1. The number of fused-ring (bicyclic) bond motifs is 1. The average Bonchev–Trinajstić information content (AvgIpc) is 3.17. The topological polar surface area (TPSA) is 24.3 Å². The second-order valence-corrected chi connectivity index (χ2v) is 8.63. The van der Waals surface area contributed by atoms with E-state index in [2.05, 4.69) is 47.1 Å². The molecule has 4 nitrogen and oxygen atoms in total. The number of anilines is 1. The van der Waals surface area contributed by atoms with E-state index in [1.54, 1.807) is 0 Å². The molecule has 1 atom stereocenters. The van der Waals surface area contributed by atoms with E-state index in [0.29, 0.717) is 6.04 Å². The van der Waals surface area contributed by atoms with Gasteiger partial charge in [0, 0.05) is 47.7 Å². The lowest BCUT2D eigenvalue weighted by molar-refractivity contribution is 0.202. The normalized spacial score (nSPS) is 19.3. The van der Waals surface area contributed by atoms with Crippen molar-refractivity contribution in [1.82, 2.24) is 14.5 Å². The Bertz CT molecular complexity index is 896. The molecule has 0 saturated carbocycles. The highest BCUT2D eigenvalue weighted by molar-refractivity contribution is 6.30. The molecule has 1 saturated heterocycles. The van der Waals surface area contributed by atoms with Crippen molar-refractivity contribution in [3.63, 3.8) is 0 Å². The maximum absolute atomic E-state index is 6.07. The average molecular weight is 411 g/mol. The van der Waals surface area contributed by atoms with Gasteiger partial charge in [-0.1, -0.05) is 50.1 Å². The molecule has 0 N–H and O–H groups in total. The zero-order valence-electron chi connectivity index (χ0n) is 17.6. The molecule has 0 spiro atoms. The van der Waals surface area contributed by atoms with Gasteiger partial charge in [-0.2, -0.15) is 0 Å². The fourth-order valence-electron chi connectivity index (χ4n) is 4.34. The molecule has 154 valence electrons. The molecule has 2 aliphatic rings. The molecule has 2 aliphatic heterocycles. The molecule has 2 aromatic rings. The summed E-state index contributed by atoms with van der Waals surface area (Å²) >= 11 is 6.07. The highest BCUT2D eigenvalue weighted by Crippen LogP contribution is 2.36. The molecule has 1 fully saturated rings. The minimum atomic E-state index is 0.550. The predicted octanol–water partition coefficient (Wildman–Crippen LogP) is 6.40. The molecule has 4 rings (SSSR count). The van der Waals surface area contributed by atoms with E-state index in [0.717, 1.165) is 47.4 Å². The van der Waals surface area contributed by atoms with Gasteiger partial charge in [0.25, 0.3) is 0 Å². The van der Waals surface area contributed by atoms with Gasteiger partial charge in [-0.3, -0.25) is 9.47 Å².